The number of hydrogen-bond acceptors (Lipinski definition) is 7. The average Bonchev–Trinajstić information content (AvgIpc) is 3.14. The molecule has 30 heavy (non-hydrogen) atoms. The maximum Gasteiger partial charge on any atom is 0.251 e. The molecule has 3 N–H and O–H groups in total. The molecular weight excluding hydrogens is 404 g/mol. The third-order valence-electron chi connectivity index (χ3n) is 5.25. The highest BCUT2D eigenvalue weighted by Crippen LogP contribution is 2.31. The number of halogens is 1. The van der Waals surface area contributed by atoms with Gasteiger partial charge in [-0.3, -0.25) is 4.79 Å². The lowest BCUT2D eigenvalue weighted by Gasteiger charge is -2.23. The summed E-state index contributed by atoms with van der Waals surface area (Å²) in [4.78, 5) is 23.7. The highest BCUT2D eigenvalue weighted by molar-refractivity contribution is 6.02. The van der Waals surface area contributed by atoms with Crippen molar-refractivity contribution in [1.82, 2.24) is 29.9 Å². The van der Waals surface area contributed by atoms with Crippen molar-refractivity contribution < 1.29 is 0 Å². The molecule has 9 nitrogen and oxygen atoms in total. The van der Waals surface area contributed by atoms with Gasteiger partial charge in [-0.05, 0) is 38.1 Å². The zero-order chi connectivity index (χ0) is 19.8. The summed E-state index contributed by atoms with van der Waals surface area (Å²) in [7, 11) is 0. The van der Waals surface area contributed by atoms with E-state index < -0.39 is 0 Å². The number of anilines is 2. The predicted octanol–water partition coefficient (Wildman–Crippen LogP) is 2.47. The molecule has 3 aromatic heterocycles. The van der Waals surface area contributed by atoms with Gasteiger partial charge >= 0.3 is 0 Å². The topological polar surface area (TPSA) is 124 Å². The molecule has 4 aromatic rings. The van der Waals surface area contributed by atoms with Crippen molar-refractivity contribution in [3.63, 3.8) is 0 Å². The quantitative estimate of drug-likeness (QED) is 0.463. The molecule has 0 radical (unpaired) electrons. The van der Waals surface area contributed by atoms with Crippen LogP contribution in [0.3, 0.4) is 0 Å². The van der Waals surface area contributed by atoms with Crippen LogP contribution in [0, 0.1) is 11.3 Å². The molecule has 0 aliphatic carbocycles. The van der Waals surface area contributed by atoms with E-state index in [-0.39, 0.29) is 23.9 Å². The van der Waals surface area contributed by atoms with Gasteiger partial charge in [0.2, 0.25) is 5.95 Å². The van der Waals surface area contributed by atoms with E-state index in [4.69, 9.17) is 10.4 Å². The predicted molar refractivity (Wildman–Crippen MR) is 115 cm³/mol. The lowest BCUT2D eigenvalue weighted by molar-refractivity contribution is 0.446. The molecule has 1 aliphatic heterocycles. The molecule has 4 heterocycles. The minimum absolute atomic E-state index is 0. The lowest BCUT2D eigenvalue weighted by atomic mass is 9.94. The third-order valence-corrected chi connectivity index (χ3v) is 5.25. The second kappa shape index (κ2) is 8.10. The normalized spacial score (nSPS) is 14.4. The second-order valence-corrected chi connectivity index (χ2v) is 7.07. The fourth-order valence-electron chi connectivity index (χ4n) is 3.87. The number of rotatable bonds is 3. The third kappa shape index (κ3) is 3.47. The Labute approximate surface area is 177 Å². The van der Waals surface area contributed by atoms with Crippen molar-refractivity contribution in [3.05, 3.63) is 58.3 Å². The molecule has 0 atom stereocenters. The van der Waals surface area contributed by atoms with Crippen LogP contribution in [0.4, 0.5) is 11.6 Å². The Kier molecular flexibility index (Phi) is 5.35. The second-order valence-electron chi connectivity index (χ2n) is 7.07. The molecule has 1 saturated heterocycles. The summed E-state index contributed by atoms with van der Waals surface area (Å²) in [5.41, 5.74) is 3.33. The SMILES string of the molecule is Cl.N#Cc1cnc(Nc2cccc3nn4c(C5CCNCC5)cc(=O)[nH]c4c23)nc1. The Morgan fingerprint density at radius 3 is 2.70 bits per heavy atom. The first kappa shape index (κ1) is 19.8. The number of H-pyrrole nitrogens is 1. The first-order valence-electron chi connectivity index (χ1n) is 9.47. The van der Waals surface area contributed by atoms with Gasteiger partial charge in [0.15, 0.2) is 0 Å². The van der Waals surface area contributed by atoms with Crippen LogP contribution in [0.5, 0.6) is 0 Å². The van der Waals surface area contributed by atoms with Crippen LogP contribution in [0.25, 0.3) is 16.6 Å². The highest BCUT2D eigenvalue weighted by Gasteiger charge is 2.21. The van der Waals surface area contributed by atoms with Crippen molar-refractivity contribution in [2.75, 3.05) is 18.4 Å². The van der Waals surface area contributed by atoms with Crippen LogP contribution in [0.1, 0.15) is 30.0 Å². The number of fused-ring (bicyclic) bond motifs is 3. The van der Waals surface area contributed by atoms with Gasteiger partial charge in [-0.15, -0.1) is 12.4 Å². The summed E-state index contributed by atoms with van der Waals surface area (Å²) < 4.78 is 1.85. The summed E-state index contributed by atoms with van der Waals surface area (Å²) in [5, 5.41) is 21.0. The van der Waals surface area contributed by atoms with E-state index in [1.165, 1.54) is 12.4 Å². The number of nitrogens with one attached hydrogen (secondary N) is 3. The van der Waals surface area contributed by atoms with Crippen LogP contribution in [0.15, 0.2) is 41.5 Å². The molecule has 10 heteroatoms. The van der Waals surface area contributed by atoms with Gasteiger partial charge in [0.1, 0.15) is 11.7 Å². The number of benzene rings is 1. The number of nitrogens with zero attached hydrogens (tertiary/aromatic N) is 5. The Morgan fingerprint density at radius 1 is 1.20 bits per heavy atom. The first-order valence-corrected chi connectivity index (χ1v) is 9.47. The highest BCUT2D eigenvalue weighted by atomic mass is 35.5. The Balaban J connectivity index is 0.00000218. The summed E-state index contributed by atoms with van der Waals surface area (Å²) >= 11 is 0. The lowest BCUT2D eigenvalue weighted by Crippen LogP contribution is -2.28. The molecule has 0 spiro atoms. The van der Waals surface area contributed by atoms with E-state index in [1.807, 2.05) is 28.8 Å². The van der Waals surface area contributed by atoms with Crippen LogP contribution < -0.4 is 16.2 Å². The van der Waals surface area contributed by atoms with E-state index in [0.717, 1.165) is 48.2 Å². The van der Waals surface area contributed by atoms with Gasteiger partial charge in [-0.1, -0.05) is 6.07 Å². The summed E-state index contributed by atoms with van der Waals surface area (Å²) in [6, 6.07) is 9.36. The number of nitriles is 1. The van der Waals surface area contributed by atoms with Crippen molar-refractivity contribution >= 4 is 40.6 Å². The summed E-state index contributed by atoms with van der Waals surface area (Å²) in [6.45, 7) is 1.87. The number of aromatic nitrogens is 5. The maximum absolute atomic E-state index is 12.4. The minimum atomic E-state index is -0.141. The van der Waals surface area contributed by atoms with Gasteiger partial charge in [-0.25, -0.2) is 14.5 Å². The smallest absolute Gasteiger partial charge is 0.251 e. The molecule has 1 aliphatic rings. The number of piperidine rings is 1. The first-order chi connectivity index (χ1) is 14.2. The van der Waals surface area contributed by atoms with E-state index in [1.54, 1.807) is 6.07 Å². The Morgan fingerprint density at radius 2 is 1.97 bits per heavy atom. The standard InChI is InChI=1S/C20H18N8O.ClH/c21-9-12-10-23-20(24-11-12)25-14-2-1-3-15-18(14)19-26-17(29)8-16(28(19)27-15)13-4-6-22-7-5-13;/h1-3,8,10-11,13,22H,4-7H2,(H,26,29)(H,23,24,25);1H. The van der Waals surface area contributed by atoms with Crippen molar-refractivity contribution in [2.24, 2.45) is 0 Å². The van der Waals surface area contributed by atoms with Gasteiger partial charge < -0.3 is 15.6 Å². The maximum atomic E-state index is 12.4. The van der Waals surface area contributed by atoms with Crippen LogP contribution in [-0.2, 0) is 0 Å². The Bertz CT molecular complexity index is 1300. The summed E-state index contributed by atoms with van der Waals surface area (Å²) in [6.07, 6.45) is 4.86. The van der Waals surface area contributed by atoms with Gasteiger partial charge in [0, 0.05) is 12.0 Å². The average molecular weight is 423 g/mol. The minimum Gasteiger partial charge on any atom is -0.323 e. The van der Waals surface area contributed by atoms with Crippen molar-refractivity contribution in [3.8, 4) is 6.07 Å². The van der Waals surface area contributed by atoms with E-state index in [9.17, 15) is 4.79 Å². The van der Waals surface area contributed by atoms with Crippen molar-refractivity contribution in [1.29, 1.82) is 5.26 Å². The molecule has 0 saturated carbocycles. The van der Waals surface area contributed by atoms with E-state index in [0.29, 0.717) is 17.2 Å². The molecule has 152 valence electrons. The molecule has 0 amide bonds. The molecule has 0 unspecified atom stereocenters. The molecule has 1 fully saturated rings. The largest absolute Gasteiger partial charge is 0.323 e. The number of aromatic amines is 1. The molecule has 5 rings (SSSR count). The van der Waals surface area contributed by atoms with Gasteiger partial charge in [0.05, 0.1) is 40.2 Å². The van der Waals surface area contributed by atoms with E-state index in [2.05, 4.69) is 25.6 Å². The summed E-state index contributed by atoms with van der Waals surface area (Å²) in [5.74, 6) is 0.654. The van der Waals surface area contributed by atoms with E-state index >= 15 is 0 Å². The fraction of sp³-hybridized carbons (Fsp3) is 0.250. The zero-order valence-corrected chi connectivity index (χ0v) is 16.7. The van der Waals surface area contributed by atoms with Crippen LogP contribution in [-0.4, -0.2) is 37.7 Å². The van der Waals surface area contributed by atoms with Crippen LogP contribution >= 0.6 is 12.4 Å². The monoisotopic (exact) mass is 422 g/mol. The van der Waals surface area contributed by atoms with Gasteiger partial charge in [-0.2, -0.15) is 10.4 Å². The van der Waals surface area contributed by atoms with Crippen LogP contribution in [0.2, 0.25) is 0 Å². The molecular formula is C20H19ClN8O. The number of hydrogen-bond donors (Lipinski definition) is 3. The molecule has 0 bridgehead atoms. The Hall–Kier alpha value is -3.48. The molecule has 1 aromatic carbocycles. The van der Waals surface area contributed by atoms with Crippen molar-refractivity contribution in [2.45, 2.75) is 18.8 Å². The fourth-order valence-corrected chi connectivity index (χ4v) is 3.87. The zero-order valence-electron chi connectivity index (χ0n) is 15.9. The van der Waals surface area contributed by atoms with Gasteiger partial charge in [0.25, 0.3) is 5.56 Å².